The van der Waals surface area contributed by atoms with Gasteiger partial charge in [0.1, 0.15) is 18.2 Å². The smallest absolute Gasteiger partial charge is 0.306 e. The molecule has 3 aliphatic rings. The number of benzene rings is 1. The molecule has 3 heterocycles. The van der Waals surface area contributed by atoms with Crippen LogP contribution in [0, 0.1) is 11.8 Å². The maximum Gasteiger partial charge on any atom is 0.306 e. The third-order valence-corrected chi connectivity index (χ3v) is 8.73. The number of carbonyl (C=O) groups excluding carboxylic acids is 4. The lowest BCUT2D eigenvalue weighted by molar-refractivity contribution is -0.152. The third kappa shape index (κ3) is 5.74. The highest BCUT2D eigenvalue weighted by Crippen LogP contribution is 2.59. The van der Waals surface area contributed by atoms with E-state index in [-0.39, 0.29) is 37.5 Å². The molecule has 1 aromatic carbocycles. The number of amides is 3. The van der Waals surface area contributed by atoms with Crippen molar-refractivity contribution in [1.29, 1.82) is 0 Å². The highest BCUT2D eigenvalue weighted by Gasteiger charge is 2.75. The predicted octanol–water partition coefficient (Wildman–Crippen LogP) is 2.53. The molecular weight excluding hydrogens is 538 g/mol. The van der Waals surface area contributed by atoms with E-state index in [0.29, 0.717) is 25.8 Å². The number of ether oxygens (including phenoxy) is 2. The number of aliphatic hydroxyl groups excluding tert-OH is 1. The number of rotatable bonds is 14. The third-order valence-electron chi connectivity index (χ3n) is 8.73. The molecule has 10 nitrogen and oxygen atoms in total. The minimum Gasteiger partial charge on any atom is -0.463 e. The summed E-state index contributed by atoms with van der Waals surface area (Å²) in [5, 5.41) is 13.1. The summed E-state index contributed by atoms with van der Waals surface area (Å²) in [6, 6.07) is 6.75. The molecule has 4 rings (SSSR count). The molecule has 0 aromatic heterocycles. The van der Waals surface area contributed by atoms with Crippen LogP contribution in [0.4, 0.5) is 0 Å². The molecule has 3 fully saturated rings. The summed E-state index contributed by atoms with van der Waals surface area (Å²) in [6.45, 7) is 12.8. The standard InChI is InChI=1S/C32H43N3O7/c1-6-8-14-25(37)41-19-23(22-12-10-9-11-13-22)33-29(38)26-24-15-16-32(42-24)27(26)30(39)35(21(5)18-36)28(32)31(40)34(17-7-2)20(3)4/h6-7,9-13,20-21,23-24,26-28,36H,1-2,8,14-19H2,3-5H3,(H,33,38)/t21-,23-,24+,26-,27-,28+,32-/m1/s1. The summed E-state index contributed by atoms with van der Waals surface area (Å²) in [7, 11) is 0. The molecule has 0 unspecified atom stereocenters. The molecule has 3 amide bonds. The lowest BCUT2D eigenvalue weighted by atomic mass is 9.70. The van der Waals surface area contributed by atoms with Gasteiger partial charge in [0.25, 0.3) is 0 Å². The Kier molecular flexibility index (Phi) is 9.89. The molecule has 3 saturated heterocycles. The van der Waals surface area contributed by atoms with Crippen LogP contribution in [-0.4, -0.2) is 88.2 Å². The Hall–Kier alpha value is -3.50. The van der Waals surface area contributed by atoms with E-state index in [1.807, 2.05) is 44.2 Å². The maximum atomic E-state index is 14.1. The van der Waals surface area contributed by atoms with Gasteiger partial charge in [-0.3, -0.25) is 19.2 Å². The number of likely N-dealkylation sites (tertiary alicyclic amines) is 1. The Morgan fingerprint density at radius 1 is 1.21 bits per heavy atom. The van der Waals surface area contributed by atoms with Gasteiger partial charge in [-0.2, -0.15) is 0 Å². The number of fused-ring (bicyclic) bond motifs is 1. The molecule has 1 aromatic rings. The molecule has 7 atom stereocenters. The molecule has 1 spiro atoms. The van der Waals surface area contributed by atoms with Crippen LogP contribution in [0.25, 0.3) is 0 Å². The molecule has 228 valence electrons. The fourth-order valence-corrected chi connectivity index (χ4v) is 6.73. The maximum absolute atomic E-state index is 14.1. The zero-order valence-electron chi connectivity index (χ0n) is 24.7. The second-order valence-corrected chi connectivity index (χ2v) is 11.7. The van der Waals surface area contributed by atoms with Gasteiger partial charge in [0.2, 0.25) is 17.7 Å². The van der Waals surface area contributed by atoms with Crippen LogP contribution in [-0.2, 0) is 28.7 Å². The van der Waals surface area contributed by atoms with Crippen molar-refractivity contribution in [1.82, 2.24) is 15.1 Å². The number of nitrogens with zero attached hydrogens (tertiary/aromatic N) is 2. The second kappa shape index (κ2) is 13.2. The zero-order valence-corrected chi connectivity index (χ0v) is 24.7. The van der Waals surface area contributed by atoms with Crippen molar-refractivity contribution in [3.05, 3.63) is 61.2 Å². The normalized spacial score (nSPS) is 27.4. The van der Waals surface area contributed by atoms with E-state index in [1.54, 1.807) is 24.0 Å². The van der Waals surface area contributed by atoms with Gasteiger partial charge in [-0.1, -0.05) is 42.5 Å². The first-order valence-corrected chi connectivity index (χ1v) is 14.7. The van der Waals surface area contributed by atoms with Gasteiger partial charge < -0.3 is 29.7 Å². The van der Waals surface area contributed by atoms with E-state index in [2.05, 4.69) is 18.5 Å². The summed E-state index contributed by atoms with van der Waals surface area (Å²) in [5.41, 5.74) is -0.433. The molecule has 0 saturated carbocycles. The zero-order chi connectivity index (χ0) is 30.6. The van der Waals surface area contributed by atoms with E-state index >= 15 is 0 Å². The van der Waals surface area contributed by atoms with Crippen molar-refractivity contribution in [3.63, 3.8) is 0 Å². The van der Waals surface area contributed by atoms with Crippen molar-refractivity contribution < 1.29 is 33.8 Å². The van der Waals surface area contributed by atoms with E-state index < -0.39 is 53.5 Å². The van der Waals surface area contributed by atoms with E-state index in [1.165, 1.54) is 4.90 Å². The number of hydrogen-bond acceptors (Lipinski definition) is 7. The molecule has 0 aliphatic carbocycles. The molecule has 10 heteroatoms. The number of carbonyl (C=O) groups is 4. The monoisotopic (exact) mass is 581 g/mol. The van der Waals surface area contributed by atoms with Gasteiger partial charge in [-0.05, 0) is 45.6 Å². The Bertz CT molecular complexity index is 1190. The highest BCUT2D eigenvalue weighted by molar-refractivity contribution is 5.99. The van der Waals surface area contributed by atoms with Crippen LogP contribution in [0.5, 0.6) is 0 Å². The second-order valence-electron chi connectivity index (χ2n) is 11.7. The van der Waals surface area contributed by atoms with Crippen molar-refractivity contribution in [2.45, 2.75) is 82.3 Å². The first-order valence-electron chi connectivity index (χ1n) is 14.7. The molecular formula is C32H43N3O7. The first-order chi connectivity index (χ1) is 20.1. The average molecular weight is 582 g/mol. The predicted molar refractivity (Wildman–Crippen MR) is 156 cm³/mol. The lowest BCUT2D eigenvalue weighted by Gasteiger charge is -2.39. The molecule has 3 aliphatic heterocycles. The largest absolute Gasteiger partial charge is 0.463 e. The van der Waals surface area contributed by atoms with E-state index in [9.17, 15) is 24.3 Å². The number of allylic oxidation sites excluding steroid dienone is 1. The van der Waals surface area contributed by atoms with Crippen LogP contribution < -0.4 is 5.32 Å². The summed E-state index contributed by atoms with van der Waals surface area (Å²) in [5.74, 6) is -3.17. The SMILES string of the molecule is C=CCCC(=O)OC[C@@H](NC(=O)[C@@H]1[C@@H]2CC[C@]3(O2)[C@H](C(=O)N(CC=C)C(C)C)N([C@H](C)CO)C(=O)[C@@H]13)c1ccccc1. The summed E-state index contributed by atoms with van der Waals surface area (Å²) in [6.07, 6.45) is 4.37. The summed E-state index contributed by atoms with van der Waals surface area (Å²) in [4.78, 5) is 57.6. The van der Waals surface area contributed by atoms with Crippen LogP contribution in [0.3, 0.4) is 0 Å². The van der Waals surface area contributed by atoms with Gasteiger partial charge in [0, 0.05) is 19.0 Å². The Balaban J connectivity index is 1.64. The van der Waals surface area contributed by atoms with Gasteiger partial charge in [-0.25, -0.2) is 0 Å². The van der Waals surface area contributed by atoms with Gasteiger partial charge in [-0.15, -0.1) is 13.2 Å². The van der Waals surface area contributed by atoms with Gasteiger partial charge >= 0.3 is 5.97 Å². The van der Waals surface area contributed by atoms with Crippen molar-refractivity contribution in [2.75, 3.05) is 19.8 Å². The van der Waals surface area contributed by atoms with E-state index in [4.69, 9.17) is 9.47 Å². The number of nitrogens with one attached hydrogen (secondary N) is 1. The van der Waals surface area contributed by atoms with Gasteiger partial charge in [0.05, 0.1) is 36.6 Å². The molecule has 42 heavy (non-hydrogen) atoms. The Labute approximate surface area is 247 Å². The fraction of sp³-hybridized carbons (Fsp3) is 0.562. The van der Waals surface area contributed by atoms with Crippen molar-refractivity contribution >= 4 is 23.7 Å². The van der Waals surface area contributed by atoms with Crippen molar-refractivity contribution in [2.24, 2.45) is 11.8 Å². The summed E-state index contributed by atoms with van der Waals surface area (Å²) >= 11 is 0. The minimum atomic E-state index is -1.18. The number of aliphatic hydroxyl groups is 1. The molecule has 2 bridgehead atoms. The highest BCUT2D eigenvalue weighted by atomic mass is 16.5. The van der Waals surface area contributed by atoms with Crippen LogP contribution in [0.15, 0.2) is 55.6 Å². The van der Waals surface area contributed by atoms with Crippen LogP contribution in [0.2, 0.25) is 0 Å². The number of hydrogen-bond donors (Lipinski definition) is 2. The van der Waals surface area contributed by atoms with Crippen molar-refractivity contribution in [3.8, 4) is 0 Å². The quantitative estimate of drug-likeness (QED) is 0.256. The Morgan fingerprint density at radius 3 is 2.55 bits per heavy atom. The average Bonchev–Trinajstić information content (AvgIpc) is 3.63. The minimum absolute atomic E-state index is 0.0760. The number of esters is 1. The molecule has 2 N–H and O–H groups in total. The summed E-state index contributed by atoms with van der Waals surface area (Å²) < 4.78 is 12.0. The fourth-order valence-electron chi connectivity index (χ4n) is 6.73. The van der Waals surface area contributed by atoms with Gasteiger partial charge in [0.15, 0.2) is 0 Å². The van der Waals surface area contributed by atoms with Crippen LogP contribution >= 0.6 is 0 Å². The lowest BCUT2D eigenvalue weighted by Crippen LogP contribution is -2.59. The first kappa shape index (κ1) is 31.4. The van der Waals surface area contributed by atoms with E-state index in [0.717, 1.165) is 5.56 Å². The van der Waals surface area contributed by atoms with Crippen LogP contribution in [0.1, 0.15) is 58.1 Å². The topological polar surface area (TPSA) is 125 Å². The molecule has 0 radical (unpaired) electrons. The Morgan fingerprint density at radius 2 is 1.93 bits per heavy atom.